The number of esters is 1. The first-order valence-corrected chi connectivity index (χ1v) is 10.5. The minimum Gasteiger partial charge on any atom is -0.462 e. The molecule has 0 aliphatic carbocycles. The molecule has 4 aromatic heterocycles. The normalized spacial score (nSPS) is 11.2. The second-order valence-corrected chi connectivity index (χ2v) is 8.76. The zero-order valence-corrected chi connectivity index (χ0v) is 15.5. The van der Waals surface area contributed by atoms with Crippen LogP contribution in [0.4, 0.5) is 0 Å². The quantitative estimate of drug-likeness (QED) is 0.375. The van der Waals surface area contributed by atoms with E-state index >= 15 is 0 Å². The van der Waals surface area contributed by atoms with Crippen molar-refractivity contribution in [3.05, 3.63) is 46.0 Å². The van der Waals surface area contributed by atoms with E-state index in [2.05, 4.69) is 35.0 Å². The van der Waals surface area contributed by atoms with Gasteiger partial charge in [0.1, 0.15) is 4.88 Å². The van der Waals surface area contributed by atoms with E-state index in [-0.39, 0.29) is 5.97 Å². The van der Waals surface area contributed by atoms with Gasteiger partial charge in [0.2, 0.25) is 0 Å². The first-order valence-electron chi connectivity index (χ1n) is 7.09. The van der Waals surface area contributed by atoms with Gasteiger partial charge in [0.15, 0.2) is 0 Å². The van der Waals surface area contributed by atoms with E-state index in [0.29, 0.717) is 11.5 Å². The van der Waals surface area contributed by atoms with Gasteiger partial charge in [0.25, 0.3) is 0 Å². The fraction of sp³-hybridized carbons (Fsp3) is 0.118. The van der Waals surface area contributed by atoms with Crippen molar-refractivity contribution in [3.8, 4) is 19.5 Å². The molecular formula is C17H12O2S4. The summed E-state index contributed by atoms with van der Waals surface area (Å²) in [5, 5.41) is 5.34. The van der Waals surface area contributed by atoms with E-state index in [1.165, 1.54) is 35.5 Å². The van der Waals surface area contributed by atoms with Gasteiger partial charge in [0.05, 0.1) is 21.1 Å². The van der Waals surface area contributed by atoms with Gasteiger partial charge in [-0.15, -0.1) is 45.3 Å². The monoisotopic (exact) mass is 376 g/mol. The molecule has 0 radical (unpaired) electrons. The Labute approximate surface area is 149 Å². The van der Waals surface area contributed by atoms with E-state index in [1.54, 1.807) is 22.7 Å². The first-order chi connectivity index (χ1) is 11.3. The van der Waals surface area contributed by atoms with Gasteiger partial charge in [-0.05, 0) is 35.9 Å². The lowest BCUT2D eigenvalue weighted by atomic mass is 10.2. The van der Waals surface area contributed by atoms with Gasteiger partial charge in [0, 0.05) is 15.1 Å². The molecule has 0 bridgehead atoms. The van der Waals surface area contributed by atoms with Crippen LogP contribution in [0.1, 0.15) is 16.6 Å². The highest BCUT2D eigenvalue weighted by Crippen LogP contribution is 2.49. The highest BCUT2D eigenvalue weighted by molar-refractivity contribution is 7.32. The lowest BCUT2D eigenvalue weighted by molar-refractivity contribution is 0.0532. The number of carbonyl (C=O) groups excluding carboxylic acids is 1. The molecule has 4 aromatic rings. The number of thiophene rings is 4. The van der Waals surface area contributed by atoms with Gasteiger partial charge in [-0.1, -0.05) is 12.1 Å². The van der Waals surface area contributed by atoms with Crippen molar-refractivity contribution in [2.75, 3.05) is 6.61 Å². The molecule has 0 saturated carbocycles. The molecule has 0 spiro atoms. The fourth-order valence-electron chi connectivity index (χ4n) is 2.40. The summed E-state index contributed by atoms with van der Waals surface area (Å²) in [7, 11) is 0. The molecule has 0 unspecified atom stereocenters. The van der Waals surface area contributed by atoms with Crippen LogP contribution in [0, 0.1) is 0 Å². The maximum absolute atomic E-state index is 12.1. The summed E-state index contributed by atoms with van der Waals surface area (Å²) in [5.41, 5.74) is 0. The molecule has 2 nitrogen and oxygen atoms in total. The maximum atomic E-state index is 12.1. The number of hydrogen-bond acceptors (Lipinski definition) is 6. The summed E-state index contributed by atoms with van der Waals surface area (Å²) in [5.74, 6) is -0.229. The average molecular weight is 377 g/mol. The Kier molecular flexibility index (Phi) is 4.07. The van der Waals surface area contributed by atoms with Gasteiger partial charge in [-0.3, -0.25) is 0 Å². The lowest BCUT2D eigenvalue weighted by Crippen LogP contribution is -2.01. The Hall–Kier alpha value is -1.47. The Bertz CT molecular complexity index is 876. The highest BCUT2D eigenvalue weighted by atomic mass is 32.1. The molecule has 23 heavy (non-hydrogen) atoms. The van der Waals surface area contributed by atoms with Crippen molar-refractivity contribution >= 4 is 61.4 Å². The Morgan fingerprint density at radius 3 is 2.35 bits per heavy atom. The lowest BCUT2D eigenvalue weighted by Gasteiger charge is -1.97. The summed E-state index contributed by atoms with van der Waals surface area (Å²) in [4.78, 5) is 17.8. The predicted molar refractivity (Wildman–Crippen MR) is 102 cm³/mol. The number of carbonyl (C=O) groups is 1. The molecule has 0 saturated heterocycles. The van der Waals surface area contributed by atoms with E-state index in [1.807, 2.05) is 24.3 Å². The number of hydrogen-bond donors (Lipinski definition) is 0. The molecule has 116 valence electrons. The summed E-state index contributed by atoms with van der Waals surface area (Å²) in [6.07, 6.45) is 0. The molecule has 0 atom stereocenters. The van der Waals surface area contributed by atoms with Crippen LogP contribution in [0.25, 0.3) is 29.6 Å². The van der Waals surface area contributed by atoms with E-state index in [0.717, 1.165) is 5.39 Å². The van der Waals surface area contributed by atoms with Crippen LogP contribution < -0.4 is 0 Å². The van der Waals surface area contributed by atoms with Crippen LogP contribution in [0.15, 0.2) is 41.1 Å². The van der Waals surface area contributed by atoms with Crippen LogP contribution in [0.5, 0.6) is 0 Å². The second-order valence-electron chi connectivity index (χ2n) is 4.79. The molecule has 4 heterocycles. The van der Waals surface area contributed by atoms with Gasteiger partial charge < -0.3 is 4.74 Å². The molecule has 0 aliphatic rings. The molecule has 4 rings (SSSR count). The van der Waals surface area contributed by atoms with E-state index in [4.69, 9.17) is 4.74 Å². The Morgan fingerprint density at radius 2 is 1.74 bits per heavy atom. The van der Waals surface area contributed by atoms with Gasteiger partial charge >= 0.3 is 5.97 Å². The van der Waals surface area contributed by atoms with Crippen molar-refractivity contribution in [2.45, 2.75) is 6.92 Å². The van der Waals surface area contributed by atoms with Crippen molar-refractivity contribution in [2.24, 2.45) is 0 Å². The van der Waals surface area contributed by atoms with Crippen LogP contribution in [0.3, 0.4) is 0 Å². The zero-order chi connectivity index (χ0) is 15.8. The Morgan fingerprint density at radius 1 is 1.04 bits per heavy atom. The number of ether oxygens (including phenoxy) is 1. The molecule has 0 aromatic carbocycles. The maximum Gasteiger partial charge on any atom is 0.348 e. The van der Waals surface area contributed by atoms with Crippen molar-refractivity contribution < 1.29 is 9.53 Å². The van der Waals surface area contributed by atoms with Crippen LogP contribution in [0.2, 0.25) is 0 Å². The van der Waals surface area contributed by atoms with Crippen LogP contribution in [-0.4, -0.2) is 12.6 Å². The van der Waals surface area contributed by atoms with Crippen LogP contribution in [-0.2, 0) is 4.74 Å². The van der Waals surface area contributed by atoms with E-state index in [9.17, 15) is 4.79 Å². The number of rotatable bonds is 4. The van der Waals surface area contributed by atoms with Crippen molar-refractivity contribution in [1.82, 2.24) is 0 Å². The third-order valence-corrected chi connectivity index (χ3v) is 7.92. The molecular weight excluding hydrogens is 364 g/mol. The Balaban J connectivity index is 1.94. The molecule has 0 N–H and O–H groups in total. The third kappa shape index (κ3) is 2.65. The molecule has 0 aliphatic heterocycles. The average Bonchev–Trinajstić information content (AvgIpc) is 3.30. The minimum atomic E-state index is -0.229. The second kappa shape index (κ2) is 6.20. The van der Waals surface area contributed by atoms with Gasteiger partial charge in [-0.25, -0.2) is 4.79 Å². The molecule has 0 amide bonds. The van der Waals surface area contributed by atoms with Crippen molar-refractivity contribution in [3.63, 3.8) is 0 Å². The molecule has 6 heteroatoms. The fourth-order valence-corrected chi connectivity index (χ4v) is 6.69. The number of fused-ring (bicyclic) bond motifs is 1. The molecule has 0 fully saturated rings. The first kappa shape index (κ1) is 15.1. The van der Waals surface area contributed by atoms with E-state index < -0.39 is 0 Å². The predicted octanol–water partition coefficient (Wildman–Crippen LogP) is 6.60. The zero-order valence-electron chi connectivity index (χ0n) is 12.2. The van der Waals surface area contributed by atoms with Crippen molar-refractivity contribution in [1.29, 1.82) is 0 Å². The topological polar surface area (TPSA) is 26.3 Å². The highest BCUT2D eigenvalue weighted by Gasteiger charge is 2.21. The minimum absolute atomic E-state index is 0.229. The standard InChI is InChI=1S/C17H12O2S4/c1-2-19-17(18)13-9-10-14(11-5-3-7-20-11)23-16(15(10)22-13)12-6-4-8-21-12/h3-9H,2H2,1H3. The van der Waals surface area contributed by atoms with Crippen LogP contribution >= 0.6 is 45.3 Å². The summed E-state index contributed by atoms with van der Waals surface area (Å²) < 4.78 is 6.35. The largest absolute Gasteiger partial charge is 0.462 e. The summed E-state index contributed by atoms with van der Waals surface area (Å²) in [6.45, 7) is 2.24. The SMILES string of the molecule is CCOC(=O)c1cc2c(-c3cccs3)sc(-c3cccs3)c2s1. The summed E-state index contributed by atoms with van der Waals surface area (Å²) in [6, 6.07) is 10.4. The third-order valence-electron chi connectivity index (χ3n) is 3.35. The summed E-state index contributed by atoms with van der Waals surface area (Å²) >= 11 is 6.81. The smallest absolute Gasteiger partial charge is 0.348 e. The van der Waals surface area contributed by atoms with Gasteiger partial charge in [-0.2, -0.15) is 0 Å².